The number of carbonyl (C=O) groups is 3. The summed E-state index contributed by atoms with van der Waals surface area (Å²) >= 11 is 2.81. The molecular weight excluding hydrogens is 1620 g/mol. The molecule has 612 valence electrons. The number of nitrogen functional groups attached to an aromatic ring is 3. The summed E-state index contributed by atoms with van der Waals surface area (Å²) in [6.45, 7) is -2.48. The lowest BCUT2D eigenvalue weighted by Crippen LogP contribution is -2.44. The molecule has 15 rings (SSSR count). The van der Waals surface area contributed by atoms with Gasteiger partial charge in [-0.25, -0.2) is 30.2 Å². The van der Waals surface area contributed by atoms with Crippen LogP contribution in [0.1, 0.15) is 95.2 Å². The van der Waals surface area contributed by atoms with Crippen LogP contribution in [0, 0.1) is 0 Å². The first kappa shape index (κ1) is 83.6. The summed E-state index contributed by atoms with van der Waals surface area (Å²) in [7, 11) is 0. The Kier molecular flexibility index (Phi) is 24.5. The maximum Gasteiger partial charge on any atom is 0.327 e. The lowest BCUT2D eigenvalue weighted by Gasteiger charge is -2.27. The van der Waals surface area contributed by atoms with Crippen molar-refractivity contribution in [3.63, 3.8) is 0 Å². The van der Waals surface area contributed by atoms with Crippen molar-refractivity contribution in [3.05, 3.63) is 158 Å². The van der Waals surface area contributed by atoms with E-state index in [0.717, 1.165) is 50.8 Å². The number of fused-ring (bicyclic) bond motifs is 3. The molecule has 114 heavy (non-hydrogen) atoms. The summed E-state index contributed by atoms with van der Waals surface area (Å²) in [6.07, 6.45) is -9.09. The molecule has 6 aliphatic rings. The van der Waals surface area contributed by atoms with E-state index in [0.29, 0.717) is 0 Å². The molecule has 0 bridgehead atoms. The zero-order chi connectivity index (χ0) is 81.7. The number of anilines is 3. The number of hydrogen-bond donors (Lipinski definition) is 15. The van der Waals surface area contributed by atoms with Gasteiger partial charge in [0.05, 0.1) is 38.8 Å². The highest BCUT2D eigenvalue weighted by Crippen LogP contribution is 2.63. The molecule has 0 spiro atoms. The number of aromatic amines is 3. The van der Waals surface area contributed by atoms with Gasteiger partial charge in [0.1, 0.15) is 89.9 Å². The summed E-state index contributed by atoms with van der Waals surface area (Å²) < 4.78 is 94.4. The molecule has 0 aliphatic carbocycles. The van der Waals surface area contributed by atoms with Gasteiger partial charge in [-0.15, -0.1) is 0 Å². The van der Waals surface area contributed by atoms with Crippen LogP contribution in [0.15, 0.2) is 124 Å². The molecule has 9 aromatic rings. The second kappa shape index (κ2) is 33.3. The molecule has 0 amide bonds. The Balaban J connectivity index is 0.000000149. The van der Waals surface area contributed by atoms with Crippen molar-refractivity contribution in [1.29, 1.82) is 0 Å². The summed E-state index contributed by atoms with van der Waals surface area (Å²) in [6, 6.07) is 25.1. The quantitative estimate of drug-likeness (QED) is 0.0279. The van der Waals surface area contributed by atoms with Crippen molar-refractivity contribution in [2.75, 3.05) is 54.3 Å². The fourth-order valence-electron chi connectivity index (χ4n) is 13.0. The molecule has 0 saturated carbocycles. The number of aliphatic hydroxyl groups is 6. The maximum absolute atomic E-state index is 13.2. The van der Waals surface area contributed by atoms with Crippen LogP contribution in [0.3, 0.4) is 0 Å². The SMILES string of the molecule is C[C@@H](OC(=O)[C@H]1CSP(=O)(OCC2O[C@@H](n3cnc4c(=O)[nH]c(N)nc43)[C@](C)(O)[C@@H]2O)N1)c1ccccc1.C[C@@H](OC(=O)[C@H]1CS[P@@](=O)(OCC2O[C@@H](n3cnc4c(=O)[nH]c(N)nc43)[C@](C)(O)[C@@H]2O)N1)c1ccccc1.C[C@@H](OC(=O)[C@H]1CS[P@](=O)(OCC2O[C@@H](n3cnc4c(=O)[nH]c(N)nc43)[C@](C)(O)[C@@H]2O)N1)c1ccccc1. The number of esters is 3. The normalized spacial score (nSPS) is 32.0. The number of benzene rings is 3. The highest BCUT2D eigenvalue weighted by molar-refractivity contribution is 8.57. The number of ether oxygens (including phenoxy) is 6. The number of carbonyl (C=O) groups excluding carboxylic acids is 3. The fraction of sp³-hybridized carbons (Fsp3) is 0.455. The third-order valence-electron chi connectivity index (χ3n) is 19.3. The molecule has 6 fully saturated rings. The van der Waals surface area contributed by atoms with Gasteiger partial charge in [0.2, 0.25) is 17.8 Å². The van der Waals surface area contributed by atoms with Crippen LogP contribution in [0.5, 0.6) is 0 Å². The third kappa shape index (κ3) is 17.5. The van der Waals surface area contributed by atoms with Gasteiger partial charge in [-0.2, -0.15) is 15.0 Å². The maximum atomic E-state index is 13.2. The minimum absolute atomic E-state index is 0.0247. The van der Waals surface area contributed by atoms with Crippen LogP contribution in [0.4, 0.5) is 17.8 Å². The van der Waals surface area contributed by atoms with Crippen molar-refractivity contribution < 1.29 is 101 Å². The number of aromatic nitrogens is 12. The van der Waals surface area contributed by atoms with Gasteiger partial charge >= 0.3 is 38.1 Å². The summed E-state index contributed by atoms with van der Waals surface area (Å²) in [5.41, 5.74) is 12.2. The largest absolute Gasteiger partial charge is 0.457 e. The predicted molar refractivity (Wildman–Crippen MR) is 411 cm³/mol. The molecule has 6 aliphatic heterocycles. The van der Waals surface area contributed by atoms with E-state index in [1.807, 2.05) is 91.0 Å². The highest BCUT2D eigenvalue weighted by atomic mass is 32.7. The zero-order valence-electron chi connectivity index (χ0n) is 61.2. The van der Waals surface area contributed by atoms with E-state index in [2.05, 4.69) is 60.1 Å². The van der Waals surface area contributed by atoms with Gasteiger partial charge in [0, 0.05) is 17.3 Å². The lowest BCUT2D eigenvalue weighted by molar-refractivity contribution is -0.150. The number of imidazole rings is 3. The fourth-order valence-corrected chi connectivity index (χ4v) is 24.7. The summed E-state index contributed by atoms with van der Waals surface area (Å²) in [5.74, 6) is -1.68. The molecule has 18 N–H and O–H groups in total. The topological polar surface area (TPSA) is 612 Å². The van der Waals surface area contributed by atoms with Gasteiger partial charge in [-0.05, 0) is 58.2 Å². The number of rotatable bonds is 21. The Labute approximate surface area is 656 Å². The van der Waals surface area contributed by atoms with E-state index >= 15 is 0 Å². The van der Waals surface area contributed by atoms with Gasteiger partial charge in [-0.1, -0.05) is 125 Å². The number of nitrogens with zero attached hydrogens (tertiary/aromatic N) is 9. The summed E-state index contributed by atoms with van der Waals surface area (Å²) in [5, 5.41) is 73.6. The molecule has 6 saturated heterocycles. The van der Waals surface area contributed by atoms with Crippen molar-refractivity contribution in [2.45, 2.75) is 150 Å². The Morgan fingerprint density at radius 3 is 0.965 bits per heavy atom. The first-order chi connectivity index (χ1) is 53.9. The molecule has 21 atom stereocenters. The van der Waals surface area contributed by atoms with Crippen LogP contribution >= 0.6 is 54.3 Å². The van der Waals surface area contributed by atoms with E-state index < -0.39 is 163 Å². The molecule has 0 radical (unpaired) electrons. The van der Waals surface area contributed by atoms with E-state index in [-0.39, 0.29) is 88.4 Å². The first-order valence-electron chi connectivity index (χ1n) is 35.1. The first-order valence-corrected chi connectivity index (χ1v) is 44.7. The molecule has 12 heterocycles. The van der Waals surface area contributed by atoms with Crippen molar-refractivity contribution >= 4 is 124 Å². The molecular formula is C66H81N18O24P3S3. The van der Waals surface area contributed by atoms with Gasteiger partial charge < -0.3 is 89.8 Å². The van der Waals surface area contributed by atoms with Crippen molar-refractivity contribution in [3.8, 4) is 0 Å². The predicted octanol–water partition coefficient (Wildman–Crippen LogP) is 2.54. The average Bonchev–Trinajstić information content (AvgIpc) is 1.60. The van der Waals surface area contributed by atoms with Crippen LogP contribution in [0.2, 0.25) is 0 Å². The second-order valence-electron chi connectivity index (χ2n) is 27.7. The average molecular weight is 1700 g/mol. The smallest absolute Gasteiger partial charge is 0.327 e. The number of nitrogens with one attached hydrogen (secondary N) is 6. The molecule has 6 aromatic heterocycles. The standard InChI is InChI=1S/3C22H27N6O8PS/c3*1-11(12-6-4-3-5-7-12)35-19(31)13-9-38-37(33,27-13)34-8-14-16(29)22(2,32)20(36-14)28-10-24-15-17(28)25-21(23)26-18(15)30/h3*3-7,10-11,13-14,16,20,29,32H,8-9H2,1-2H3,(H,27,33)(H3,23,25,26,30)/t11-,13-,14?,16-,20-,22-,37?;11-,13-,14?,16-,20-,22-,37+;11-,13-,14?,16-,20-,22-,37-/m111/s1. The van der Waals surface area contributed by atoms with E-state index in [9.17, 15) is 73.1 Å². The Bertz CT molecular complexity index is 4860. The Morgan fingerprint density at radius 2 is 0.719 bits per heavy atom. The molecule has 48 heteroatoms. The number of aliphatic hydroxyl groups excluding tert-OH is 3. The lowest BCUT2D eigenvalue weighted by atomic mass is 9.96. The summed E-state index contributed by atoms with van der Waals surface area (Å²) in [4.78, 5) is 105. The molecule has 4 unspecified atom stereocenters. The monoisotopic (exact) mass is 1700 g/mol. The zero-order valence-corrected chi connectivity index (χ0v) is 66.3. The Morgan fingerprint density at radius 1 is 0.474 bits per heavy atom. The molecule has 3 aromatic carbocycles. The third-order valence-corrected chi connectivity index (χ3v) is 31.4. The van der Waals surface area contributed by atoms with Crippen molar-refractivity contribution in [1.82, 2.24) is 73.8 Å². The van der Waals surface area contributed by atoms with Gasteiger partial charge in [-0.3, -0.25) is 71.1 Å². The van der Waals surface area contributed by atoms with E-state index in [1.54, 1.807) is 20.8 Å². The Hall–Kier alpha value is -8.34. The van der Waals surface area contributed by atoms with Crippen LogP contribution in [0.25, 0.3) is 33.5 Å². The van der Waals surface area contributed by atoms with Crippen LogP contribution in [-0.2, 0) is 70.1 Å². The van der Waals surface area contributed by atoms with Gasteiger partial charge in [0.25, 0.3) is 16.7 Å². The van der Waals surface area contributed by atoms with Gasteiger partial charge in [0.15, 0.2) is 52.2 Å². The minimum atomic E-state index is -3.55. The van der Waals surface area contributed by atoms with E-state index in [4.69, 9.17) is 59.2 Å². The number of H-pyrrole nitrogens is 3. The van der Waals surface area contributed by atoms with E-state index in [1.165, 1.54) is 53.5 Å². The second-order valence-corrected chi connectivity index (χ2v) is 40.7. The van der Waals surface area contributed by atoms with Crippen molar-refractivity contribution in [2.24, 2.45) is 0 Å². The molecule has 42 nitrogen and oxygen atoms in total. The number of nitrogens with two attached hydrogens (primary N) is 3. The minimum Gasteiger partial charge on any atom is -0.457 e. The number of hydrogen-bond acceptors (Lipinski definition) is 36. The van der Waals surface area contributed by atoms with Crippen LogP contribution in [-0.4, -0.2) is 216 Å². The highest BCUT2D eigenvalue weighted by Gasteiger charge is 2.58. The van der Waals surface area contributed by atoms with Crippen LogP contribution < -0.4 is 49.1 Å².